The maximum absolute atomic E-state index is 13.1. The Hall–Kier alpha value is -2.66. The first-order valence-electron chi connectivity index (χ1n) is 9.78. The Labute approximate surface area is 174 Å². The van der Waals surface area contributed by atoms with Gasteiger partial charge in [0.25, 0.3) is 0 Å². The maximum atomic E-state index is 13.1. The largest absolute Gasteiger partial charge is 0.339 e. The number of carbonyl (C=O) groups is 2. The lowest BCUT2D eigenvalue weighted by molar-refractivity contribution is -0.138. The van der Waals surface area contributed by atoms with E-state index in [1.807, 2.05) is 23.1 Å². The van der Waals surface area contributed by atoms with Crippen LogP contribution in [-0.2, 0) is 9.59 Å². The smallest absolute Gasteiger partial charge is 0.246 e. The molecule has 29 heavy (non-hydrogen) atoms. The number of carbonyl (C=O) groups excluding carboxylic acids is 2. The summed E-state index contributed by atoms with van der Waals surface area (Å²) in [6, 6.07) is 13.8. The molecule has 150 valence electrons. The van der Waals surface area contributed by atoms with E-state index in [1.54, 1.807) is 29.2 Å². The predicted molar refractivity (Wildman–Crippen MR) is 111 cm³/mol. The second-order valence-corrected chi connectivity index (χ2v) is 7.91. The van der Waals surface area contributed by atoms with Crippen molar-refractivity contribution in [2.24, 2.45) is 5.92 Å². The molecular weight excluding hydrogens is 391 g/mol. The summed E-state index contributed by atoms with van der Waals surface area (Å²) < 4.78 is 13.1. The molecular formula is C23H22ClFN2O2. The van der Waals surface area contributed by atoms with Crippen LogP contribution in [0.4, 0.5) is 4.39 Å². The van der Waals surface area contributed by atoms with Gasteiger partial charge in [-0.05, 0) is 47.7 Å². The standard InChI is InChI=1S/C23H22ClFN2O2/c24-21-4-2-1-3-17(21)7-10-22(28)26-11-13-27(14-12-26)23(29)20-15-19(20)16-5-8-18(25)9-6-16/h1-10,19-20H,11-15H2/b10-7+. The van der Waals surface area contributed by atoms with Gasteiger partial charge in [0, 0.05) is 43.2 Å². The van der Waals surface area contributed by atoms with E-state index >= 15 is 0 Å². The number of nitrogens with zero attached hydrogens (tertiary/aromatic N) is 2. The molecule has 1 aliphatic heterocycles. The highest BCUT2D eigenvalue weighted by atomic mass is 35.5. The minimum absolute atomic E-state index is 0.0252. The van der Waals surface area contributed by atoms with Gasteiger partial charge in [0.15, 0.2) is 0 Å². The van der Waals surface area contributed by atoms with Crippen LogP contribution in [0.15, 0.2) is 54.6 Å². The van der Waals surface area contributed by atoms with Crippen molar-refractivity contribution < 1.29 is 14.0 Å². The highest BCUT2D eigenvalue weighted by molar-refractivity contribution is 6.32. The number of hydrogen-bond acceptors (Lipinski definition) is 2. The van der Waals surface area contributed by atoms with Gasteiger partial charge in [-0.25, -0.2) is 4.39 Å². The van der Waals surface area contributed by atoms with Crippen LogP contribution in [0.1, 0.15) is 23.5 Å². The quantitative estimate of drug-likeness (QED) is 0.713. The van der Waals surface area contributed by atoms with Crippen molar-refractivity contribution in [1.82, 2.24) is 9.80 Å². The fourth-order valence-corrected chi connectivity index (χ4v) is 4.00. The molecule has 1 heterocycles. The zero-order chi connectivity index (χ0) is 20.4. The van der Waals surface area contributed by atoms with E-state index < -0.39 is 0 Å². The molecule has 1 saturated carbocycles. The number of rotatable bonds is 4. The highest BCUT2D eigenvalue weighted by Gasteiger charge is 2.46. The molecule has 0 spiro atoms. The summed E-state index contributed by atoms with van der Waals surface area (Å²) >= 11 is 6.11. The van der Waals surface area contributed by atoms with Gasteiger partial charge in [0.1, 0.15) is 5.82 Å². The average molecular weight is 413 g/mol. The monoisotopic (exact) mass is 412 g/mol. The topological polar surface area (TPSA) is 40.6 Å². The molecule has 0 bridgehead atoms. The Kier molecular flexibility index (Phi) is 5.67. The number of amides is 2. The third-order valence-corrected chi connectivity index (χ3v) is 5.96. The molecule has 4 rings (SSSR count). The second-order valence-electron chi connectivity index (χ2n) is 7.51. The zero-order valence-corrected chi connectivity index (χ0v) is 16.7. The normalized spacial score (nSPS) is 21.4. The van der Waals surface area contributed by atoms with E-state index in [0.29, 0.717) is 31.2 Å². The van der Waals surface area contributed by atoms with Gasteiger partial charge < -0.3 is 9.80 Å². The molecule has 2 fully saturated rings. The maximum Gasteiger partial charge on any atom is 0.246 e. The molecule has 1 saturated heterocycles. The van der Waals surface area contributed by atoms with E-state index in [0.717, 1.165) is 17.5 Å². The molecule has 4 nitrogen and oxygen atoms in total. The van der Waals surface area contributed by atoms with E-state index in [-0.39, 0.29) is 29.5 Å². The number of halogens is 2. The minimum atomic E-state index is -0.262. The minimum Gasteiger partial charge on any atom is -0.339 e. The summed E-state index contributed by atoms with van der Waals surface area (Å²) in [6.45, 7) is 2.12. The Bertz CT molecular complexity index is 936. The predicted octanol–water partition coefficient (Wildman–Crippen LogP) is 3.97. The lowest BCUT2D eigenvalue weighted by atomic mass is 10.1. The third-order valence-electron chi connectivity index (χ3n) is 5.62. The van der Waals surface area contributed by atoms with Gasteiger partial charge in [0.2, 0.25) is 11.8 Å². The van der Waals surface area contributed by atoms with Crippen molar-refractivity contribution in [1.29, 1.82) is 0 Å². The molecule has 2 atom stereocenters. The number of hydrogen-bond donors (Lipinski definition) is 0. The molecule has 2 unspecified atom stereocenters. The molecule has 2 amide bonds. The zero-order valence-electron chi connectivity index (χ0n) is 15.9. The van der Waals surface area contributed by atoms with Crippen LogP contribution in [0.25, 0.3) is 6.08 Å². The van der Waals surface area contributed by atoms with Crippen molar-refractivity contribution in [2.45, 2.75) is 12.3 Å². The SMILES string of the molecule is O=C(/C=C/c1ccccc1Cl)N1CCN(C(=O)C2CC2c2ccc(F)cc2)CC1. The number of piperazine rings is 1. The summed E-state index contributed by atoms with van der Waals surface area (Å²) in [6.07, 6.45) is 4.06. The number of benzene rings is 2. The molecule has 0 radical (unpaired) electrons. The first kappa shape index (κ1) is 19.6. The molecule has 2 aliphatic rings. The summed E-state index contributed by atoms with van der Waals surface area (Å²) in [5.41, 5.74) is 1.82. The Morgan fingerprint density at radius 3 is 2.31 bits per heavy atom. The van der Waals surface area contributed by atoms with Crippen LogP contribution in [0.5, 0.6) is 0 Å². The lowest BCUT2D eigenvalue weighted by Crippen LogP contribution is -2.50. The van der Waals surface area contributed by atoms with Crippen molar-refractivity contribution in [3.63, 3.8) is 0 Å². The fourth-order valence-electron chi connectivity index (χ4n) is 3.80. The van der Waals surface area contributed by atoms with Crippen molar-refractivity contribution in [3.05, 3.63) is 76.6 Å². The van der Waals surface area contributed by atoms with Crippen LogP contribution in [0.3, 0.4) is 0 Å². The van der Waals surface area contributed by atoms with E-state index in [2.05, 4.69) is 0 Å². The lowest BCUT2D eigenvalue weighted by Gasteiger charge is -2.34. The van der Waals surface area contributed by atoms with Gasteiger partial charge in [-0.3, -0.25) is 9.59 Å². The molecule has 2 aromatic carbocycles. The van der Waals surface area contributed by atoms with Crippen LogP contribution in [-0.4, -0.2) is 47.8 Å². The Morgan fingerprint density at radius 1 is 0.966 bits per heavy atom. The van der Waals surface area contributed by atoms with Crippen molar-refractivity contribution >= 4 is 29.5 Å². The Morgan fingerprint density at radius 2 is 1.62 bits per heavy atom. The van der Waals surface area contributed by atoms with Crippen LogP contribution in [0.2, 0.25) is 5.02 Å². The fraction of sp³-hybridized carbons (Fsp3) is 0.304. The van der Waals surface area contributed by atoms with E-state index in [1.165, 1.54) is 18.2 Å². The molecule has 6 heteroatoms. The van der Waals surface area contributed by atoms with Gasteiger partial charge in [-0.1, -0.05) is 41.9 Å². The average Bonchev–Trinajstić information content (AvgIpc) is 3.54. The summed E-state index contributed by atoms with van der Waals surface area (Å²) in [4.78, 5) is 28.8. The molecule has 0 N–H and O–H groups in total. The van der Waals surface area contributed by atoms with Gasteiger partial charge in [0.05, 0.1) is 0 Å². The Balaban J connectivity index is 1.28. The van der Waals surface area contributed by atoms with E-state index in [9.17, 15) is 14.0 Å². The first-order valence-corrected chi connectivity index (χ1v) is 10.2. The first-order chi connectivity index (χ1) is 14.0. The van der Waals surface area contributed by atoms with Crippen LogP contribution in [0, 0.1) is 11.7 Å². The van der Waals surface area contributed by atoms with Crippen molar-refractivity contribution in [2.75, 3.05) is 26.2 Å². The van der Waals surface area contributed by atoms with Gasteiger partial charge >= 0.3 is 0 Å². The van der Waals surface area contributed by atoms with Gasteiger partial charge in [-0.2, -0.15) is 0 Å². The third kappa shape index (κ3) is 4.51. The summed E-state index contributed by atoms with van der Waals surface area (Å²) in [5, 5.41) is 0.604. The van der Waals surface area contributed by atoms with Crippen molar-refractivity contribution in [3.8, 4) is 0 Å². The second kappa shape index (κ2) is 8.37. The molecule has 0 aromatic heterocycles. The van der Waals surface area contributed by atoms with Crippen LogP contribution < -0.4 is 0 Å². The molecule has 2 aromatic rings. The summed E-state index contributed by atoms with van der Waals surface area (Å²) in [5.74, 6) is -0.0449. The van der Waals surface area contributed by atoms with E-state index in [4.69, 9.17) is 11.6 Å². The highest BCUT2D eigenvalue weighted by Crippen LogP contribution is 2.48. The van der Waals surface area contributed by atoms with Gasteiger partial charge in [-0.15, -0.1) is 0 Å². The molecule has 1 aliphatic carbocycles. The van der Waals surface area contributed by atoms with Crippen LogP contribution >= 0.6 is 11.6 Å². The summed E-state index contributed by atoms with van der Waals surface area (Å²) in [7, 11) is 0.